The summed E-state index contributed by atoms with van der Waals surface area (Å²) in [5, 5.41) is 13.9. The van der Waals surface area contributed by atoms with Crippen molar-refractivity contribution < 1.29 is 14.6 Å². The summed E-state index contributed by atoms with van der Waals surface area (Å²) in [7, 11) is 1.75. The molecule has 25 heavy (non-hydrogen) atoms. The number of ether oxygens (including phenoxy) is 1. The van der Waals surface area contributed by atoms with Crippen LogP contribution in [-0.4, -0.2) is 48.8 Å². The lowest BCUT2D eigenvalue weighted by Gasteiger charge is -2.20. The Balaban J connectivity index is 1.74. The minimum Gasteiger partial charge on any atom is -0.489 e. The van der Waals surface area contributed by atoms with Crippen LogP contribution in [0, 0.1) is 0 Å². The van der Waals surface area contributed by atoms with Crippen molar-refractivity contribution in [2.75, 3.05) is 32.1 Å². The van der Waals surface area contributed by atoms with E-state index >= 15 is 0 Å². The number of hydrogen-bond donors (Lipinski definition) is 2. The summed E-state index contributed by atoms with van der Waals surface area (Å²) in [5.41, 5.74) is 0.633. The van der Waals surface area contributed by atoms with E-state index in [1.807, 2.05) is 0 Å². The lowest BCUT2D eigenvalue weighted by molar-refractivity contribution is -0.117. The highest BCUT2D eigenvalue weighted by Crippen LogP contribution is 2.23. The van der Waals surface area contributed by atoms with E-state index in [2.05, 4.69) is 5.32 Å². The third kappa shape index (κ3) is 6.92. The fourth-order valence-electron chi connectivity index (χ4n) is 2.24. The largest absolute Gasteiger partial charge is 0.489 e. The highest BCUT2D eigenvalue weighted by molar-refractivity contribution is 6.32. The van der Waals surface area contributed by atoms with Gasteiger partial charge < -0.3 is 15.2 Å². The smallest absolute Gasteiger partial charge is 0.238 e. The molecule has 1 amide bonds. The standard InChI is InChI=1S/C18H20Cl2N2O3/c1-22(11-18(24)21-14-6-4-5-13(19)9-14)10-15(23)12-25-17-8-3-2-7-16(17)20/h2-9,15,23H,10-12H2,1H3,(H,21,24). The number of amides is 1. The van der Waals surface area contributed by atoms with Crippen LogP contribution < -0.4 is 10.1 Å². The monoisotopic (exact) mass is 382 g/mol. The maximum atomic E-state index is 12.0. The van der Waals surface area contributed by atoms with E-state index in [9.17, 15) is 9.90 Å². The highest BCUT2D eigenvalue weighted by Gasteiger charge is 2.13. The second-order valence-electron chi connectivity index (χ2n) is 5.65. The van der Waals surface area contributed by atoms with Gasteiger partial charge in [0.15, 0.2) is 0 Å². The third-order valence-corrected chi connectivity index (χ3v) is 3.86. The number of halogens is 2. The zero-order valence-electron chi connectivity index (χ0n) is 13.8. The first-order chi connectivity index (χ1) is 11.9. The Kier molecular flexibility index (Phi) is 7.52. The van der Waals surface area contributed by atoms with E-state index in [1.54, 1.807) is 60.5 Å². The fraction of sp³-hybridized carbons (Fsp3) is 0.278. The Labute approximate surface area is 157 Å². The average molecular weight is 383 g/mol. The molecule has 1 atom stereocenters. The molecule has 0 radical (unpaired) electrons. The van der Waals surface area contributed by atoms with Gasteiger partial charge in [0.25, 0.3) is 0 Å². The van der Waals surface area contributed by atoms with Crippen molar-refractivity contribution in [3.8, 4) is 5.75 Å². The molecule has 0 heterocycles. The van der Waals surface area contributed by atoms with Crippen molar-refractivity contribution in [1.82, 2.24) is 4.90 Å². The van der Waals surface area contributed by atoms with Crippen LogP contribution in [0.25, 0.3) is 0 Å². The van der Waals surface area contributed by atoms with Gasteiger partial charge in [-0.05, 0) is 37.4 Å². The number of carbonyl (C=O) groups is 1. The van der Waals surface area contributed by atoms with Crippen LogP contribution in [-0.2, 0) is 4.79 Å². The van der Waals surface area contributed by atoms with E-state index in [1.165, 1.54) is 0 Å². The Hall–Kier alpha value is -1.79. The molecule has 2 aromatic carbocycles. The molecule has 0 saturated carbocycles. The van der Waals surface area contributed by atoms with Crippen molar-refractivity contribution in [1.29, 1.82) is 0 Å². The van der Waals surface area contributed by atoms with Crippen molar-refractivity contribution in [2.24, 2.45) is 0 Å². The number of para-hydroxylation sites is 1. The van der Waals surface area contributed by atoms with Crippen LogP contribution >= 0.6 is 23.2 Å². The first-order valence-corrected chi connectivity index (χ1v) is 8.49. The minimum absolute atomic E-state index is 0.0873. The van der Waals surface area contributed by atoms with Crippen LogP contribution in [0.15, 0.2) is 48.5 Å². The second kappa shape index (κ2) is 9.63. The minimum atomic E-state index is -0.750. The van der Waals surface area contributed by atoms with Gasteiger partial charge in [0.1, 0.15) is 18.5 Å². The van der Waals surface area contributed by atoms with E-state index in [-0.39, 0.29) is 25.6 Å². The van der Waals surface area contributed by atoms with Gasteiger partial charge in [-0.25, -0.2) is 0 Å². The van der Waals surface area contributed by atoms with Crippen LogP contribution in [0.4, 0.5) is 5.69 Å². The normalized spacial score (nSPS) is 12.0. The van der Waals surface area contributed by atoms with Gasteiger partial charge in [0.2, 0.25) is 5.91 Å². The molecule has 7 heteroatoms. The van der Waals surface area contributed by atoms with Crippen LogP contribution in [0.1, 0.15) is 0 Å². The number of likely N-dealkylation sites (N-methyl/N-ethyl adjacent to an activating group) is 1. The Bertz CT molecular complexity index is 712. The molecule has 0 aliphatic carbocycles. The Morgan fingerprint density at radius 3 is 2.72 bits per heavy atom. The molecular weight excluding hydrogens is 363 g/mol. The first-order valence-electron chi connectivity index (χ1n) is 7.73. The van der Waals surface area contributed by atoms with Crippen molar-refractivity contribution in [3.05, 3.63) is 58.6 Å². The van der Waals surface area contributed by atoms with Gasteiger partial charge in [-0.15, -0.1) is 0 Å². The van der Waals surface area contributed by atoms with Crippen molar-refractivity contribution >= 4 is 34.8 Å². The highest BCUT2D eigenvalue weighted by atomic mass is 35.5. The van der Waals surface area contributed by atoms with Gasteiger partial charge in [-0.1, -0.05) is 41.4 Å². The summed E-state index contributed by atoms with van der Waals surface area (Å²) in [6, 6.07) is 14.0. The molecule has 0 aliphatic rings. The maximum absolute atomic E-state index is 12.0. The average Bonchev–Trinajstić information content (AvgIpc) is 2.53. The number of aliphatic hydroxyl groups is 1. The number of rotatable bonds is 8. The Morgan fingerprint density at radius 1 is 1.24 bits per heavy atom. The zero-order valence-corrected chi connectivity index (χ0v) is 15.3. The third-order valence-electron chi connectivity index (χ3n) is 3.31. The van der Waals surface area contributed by atoms with Gasteiger partial charge in [0, 0.05) is 17.3 Å². The number of benzene rings is 2. The maximum Gasteiger partial charge on any atom is 0.238 e. The van der Waals surface area contributed by atoms with Crippen LogP contribution in [0.2, 0.25) is 10.0 Å². The lowest BCUT2D eigenvalue weighted by atomic mass is 10.3. The molecule has 0 spiro atoms. The van der Waals surface area contributed by atoms with Gasteiger partial charge in [-0.3, -0.25) is 9.69 Å². The van der Waals surface area contributed by atoms with Crippen LogP contribution in [0.3, 0.4) is 0 Å². The summed E-state index contributed by atoms with van der Waals surface area (Å²) in [6.45, 7) is 0.507. The molecule has 0 aliphatic heterocycles. The number of hydrogen-bond acceptors (Lipinski definition) is 4. The molecule has 0 aromatic heterocycles. The number of nitrogens with zero attached hydrogens (tertiary/aromatic N) is 1. The lowest BCUT2D eigenvalue weighted by Crippen LogP contribution is -2.37. The summed E-state index contributed by atoms with van der Waals surface area (Å²) < 4.78 is 5.49. The van der Waals surface area contributed by atoms with E-state index < -0.39 is 6.10 Å². The van der Waals surface area contributed by atoms with Crippen molar-refractivity contribution in [2.45, 2.75) is 6.10 Å². The summed E-state index contributed by atoms with van der Waals surface area (Å²) in [6.07, 6.45) is -0.750. The summed E-state index contributed by atoms with van der Waals surface area (Å²) >= 11 is 11.9. The van der Waals surface area contributed by atoms with Crippen molar-refractivity contribution in [3.63, 3.8) is 0 Å². The number of anilines is 1. The molecule has 0 bridgehead atoms. The SMILES string of the molecule is CN(CC(=O)Nc1cccc(Cl)c1)CC(O)COc1ccccc1Cl. The molecule has 5 nitrogen and oxygen atoms in total. The number of aliphatic hydroxyl groups excluding tert-OH is 1. The molecular formula is C18H20Cl2N2O3. The quantitative estimate of drug-likeness (QED) is 0.734. The van der Waals surface area contributed by atoms with E-state index in [0.717, 1.165) is 0 Å². The first kappa shape index (κ1) is 19.5. The molecule has 2 aromatic rings. The number of nitrogens with one attached hydrogen (secondary N) is 1. The summed E-state index contributed by atoms with van der Waals surface area (Å²) in [4.78, 5) is 13.7. The molecule has 0 fully saturated rings. The topological polar surface area (TPSA) is 61.8 Å². The molecule has 2 N–H and O–H groups in total. The molecule has 2 rings (SSSR count). The molecule has 0 saturated heterocycles. The predicted octanol–water partition coefficient (Wildman–Crippen LogP) is 3.30. The van der Waals surface area contributed by atoms with Gasteiger partial charge >= 0.3 is 0 Å². The fourth-order valence-corrected chi connectivity index (χ4v) is 2.62. The summed E-state index contributed by atoms with van der Waals surface area (Å²) in [5.74, 6) is 0.327. The molecule has 1 unspecified atom stereocenters. The van der Waals surface area contributed by atoms with Gasteiger partial charge in [-0.2, -0.15) is 0 Å². The second-order valence-corrected chi connectivity index (χ2v) is 6.49. The zero-order chi connectivity index (χ0) is 18.2. The predicted molar refractivity (Wildman–Crippen MR) is 101 cm³/mol. The van der Waals surface area contributed by atoms with E-state index in [4.69, 9.17) is 27.9 Å². The van der Waals surface area contributed by atoms with Gasteiger partial charge in [0.05, 0.1) is 11.6 Å². The Morgan fingerprint density at radius 2 is 2.00 bits per heavy atom. The van der Waals surface area contributed by atoms with E-state index in [0.29, 0.717) is 21.5 Å². The number of carbonyl (C=O) groups excluding carboxylic acids is 1. The molecule has 134 valence electrons. The van der Waals surface area contributed by atoms with Crippen LogP contribution in [0.5, 0.6) is 5.75 Å².